The number of furan rings is 1. The van der Waals surface area contributed by atoms with Crippen molar-refractivity contribution in [2.45, 2.75) is 19.0 Å². The van der Waals surface area contributed by atoms with Crippen LogP contribution in [0.4, 0.5) is 11.4 Å². The Morgan fingerprint density at radius 2 is 1.82 bits per heavy atom. The van der Waals surface area contributed by atoms with Crippen LogP contribution in [0.25, 0.3) is 11.3 Å². The molecule has 2 atom stereocenters. The van der Waals surface area contributed by atoms with Crippen molar-refractivity contribution < 1.29 is 4.42 Å². The Balaban J connectivity index is 1.58. The van der Waals surface area contributed by atoms with Gasteiger partial charge in [-0.15, -0.1) is 0 Å². The molecule has 1 aliphatic rings. The molecule has 4 aromatic rings. The van der Waals surface area contributed by atoms with Gasteiger partial charge < -0.3 is 19.5 Å². The second-order valence-corrected chi connectivity index (χ2v) is 9.83. The van der Waals surface area contributed by atoms with Gasteiger partial charge >= 0.3 is 0 Å². The Hall–Kier alpha value is -3.16. The van der Waals surface area contributed by atoms with Crippen LogP contribution in [0.3, 0.4) is 0 Å². The van der Waals surface area contributed by atoms with E-state index in [1.165, 1.54) is 5.56 Å². The van der Waals surface area contributed by atoms with E-state index in [2.05, 4.69) is 85.4 Å². The lowest BCUT2D eigenvalue weighted by atomic mass is 10.0. The van der Waals surface area contributed by atoms with Crippen molar-refractivity contribution in [3.05, 3.63) is 100 Å². The van der Waals surface area contributed by atoms with E-state index in [4.69, 9.17) is 16.6 Å². The molecule has 1 N–H and O–H groups in total. The molecule has 5 nitrogen and oxygen atoms in total. The molecule has 1 saturated heterocycles. The van der Waals surface area contributed by atoms with Crippen LogP contribution in [-0.4, -0.2) is 24.2 Å². The lowest BCUT2D eigenvalue weighted by molar-refractivity contribution is 0.439. The number of hydrogen-bond acceptors (Lipinski definition) is 4. The summed E-state index contributed by atoms with van der Waals surface area (Å²) in [5, 5.41) is 4.13. The molecule has 34 heavy (non-hydrogen) atoms. The number of halogens is 1. The standard InChI is InChI=1S/C27H25BrN4OS/c1-17-7-12-20(21(28)16-17)23-13-14-24(33-23)26-25(22-6-4-5-15-29-22)30-27(34)32(26)19-10-8-18(9-11-19)31(2)3/h4-16,25-26H,1-3H3,(H,30,34)/t25-,26-/m0/s1. The Labute approximate surface area is 213 Å². The number of aromatic nitrogens is 1. The van der Waals surface area contributed by atoms with Crippen molar-refractivity contribution in [2.75, 3.05) is 23.9 Å². The number of nitrogens with one attached hydrogen (secondary N) is 1. The second-order valence-electron chi connectivity index (χ2n) is 8.59. The average Bonchev–Trinajstić information content (AvgIpc) is 3.44. The van der Waals surface area contributed by atoms with Crippen LogP contribution in [0, 0.1) is 6.92 Å². The van der Waals surface area contributed by atoms with Gasteiger partial charge in [0.2, 0.25) is 0 Å². The number of nitrogens with zero attached hydrogens (tertiary/aromatic N) is 3. The van der Waals surface area contributed by atoms with Gasteiger partial charge in [-0.3, -0.25) is 4.98 Å². The molecule has 0 radical (unpaired) electrons. The van der Waals surface area contributed by atoms with Gasteiger partial charge in [0.25, 0.3) is 0 Å². The molecule has 0 aliphatic carbocycles. The first kappa shape index (κ1) is 22.6. The van der Waals surface area contributed by atoms with Gasteiger partial charge in [0.1, 0.15) is 17.6 Å². The van der Waals surface area contributed by atoms with Gasteiger partial charge in [0.05, 0.1) is 11.7 Å². The first-order chi connectivity index (χ1) is 16.4. The highest BCUT2D eigenvalue weighted by molar-refractivity contribution is 9.10. The van der Waals surface area contributed by atoms with E-state index in [-0.39, 0.29) is 12.1 Å². The van der Waals surface area contributed by atoms with E-state index < -0.39 is 0 Å². The summed E-state index contributed by atoms with van der Waals surface area (Å²) in [5.74, 6) is 1.63. The van der Waals surface area contributed by atoms with Crippen LogP contribution in [0.2, 0.25) is 0 Å². The Morgan fingerprint density at radius 3 is 2.50 bits per heavy atom. The van der Waals surface area contributed by atoms with Crippen LogP contribution < -0.4 is 15.1 Å². The number of pyridine rings is 1. The van der Waals surface area contributed by atoms with E-state index in [9.17, 15) is 0 Å². The zero-order valence-corrected chi connectivity index (χ0v) is 21.6. The zero-order chi connectivity index (χ0) is 23.8. The van der Waals surface area contributed by atoms with Crippen LogP contribution in [0.15, 0.2) is 87.9 Å². The molecule has 172 valence electrons. The average molecular weight is 533 g/mol. The fraction of sp³-hybridized carbons (Fsp3) is 0.185. The number of hydrogen-bond donors (Lipinski definition) is 1. The zero-order valence-electron chi connectivity index (χ0n) is 19.2. The quantitative estimate of drug-likeness (QED) is 0.290. The van der Waals surface area contributed by atoms with Gasteiger partial charge in [-0.25, -0.2) is 0 Å². The molecule has 7 heteroatoms. The number of aryl methyl sites for hydroxylation is 1. The summed E-state index contributed by atoms with van der Waals surface area (Å²) in [6.45, 7) is 2.07. The summed E-state index contributed by atoms with van der Waals surface area (Å²) in [6, 6.07) is 24.3. The third kappa shape index (κ3) is 4.21. The lowest BCUT2D eigenvalue weighted by Crippen LogP contribution is -2.29. The van der Waals surface area contributed by atoms with Crippen LogP contribution in [-0.2, 0) is 0 Å². The SMILES string of the molecule is Cc1ccc(-c2ccc([C@H]3[C@H](c4ccccn4)NC(=S)N3c3ccc(N(C)C)cc3)o2)c(Br)c1. The summed E-state index contributed by atoms with van der Waals surface area (Å²) in [7, 11) is 4.06. The third-order valence-corrected chi connectivity index (χ3v) is 7.02. The minimum Gasteiger partial charge on any atom is -0.459 e. The molecule has 1 aliphatic heterocycles. The normalized spacial score (nSPS) is 17.6. The smallest absolute Gasteiger partial charge is 0.174 e. The number of rotatable bonds is 5. The summed E-state index contributed by atoms with van der Waals surface area (Å²) in [4.78, 5) is 8.83. The summed E-state index contributed by atoms with van der Waals surface area (Å²) in [5.41, 5.74) is 5.25. The molecule has 0 unspecified atom stereocenters. The monoisotopic (exact) mass is 532 g/mol. The maximum atomic E-state index is 6.48. The van der Waals surface area contributed by atoms with Gasteiger partial charge in [0, 0.05) is 41.7 Å². The number of benzene rings is 2. The van der Waals surface area contributed by atoms with E-state index in [1.807, 2.05) is 50.6 Å². The van der Waals surface area contributed by atoms with Crippen molar-refractivity contribution in [1.29, 1.82) is 0 Å². The molecule has 0 saturated carbocycles. The van der Waals surface area contributed by atoms with Gasteiger partial charge in [-0.1, -0.05) is 28.1 Å². The van der Waals surface area contributed by atoms with E-state index >= 15 is 0 Å². The summed E-state index contributed by atoms with van der Waals surface area (Å²) in [6.07, 6.45) is 1.81. The number of thiocarbonyl (C=S) groups is 1. The molecule has 0 amide bonds. The molecule has 1 fully saturated rings. The van der Waals surface area contributed by atoms with Crippen molar-refractivity contribution in [2.24, 2.45) is 0 Å². The molecule has 2 aromatic heterocycles. The maximum Gasteiger partial charge on any atom is 0.174 e. The van der Waals surface area contributed by atoms with Crippen molar-refractivity contribution in [3.63, 3.8) is 0 Å². The lowest BCUT2D eigenvalue weighted by Gasteiger charge is -2.26. The highest BCUT2D eigenvalue weighted by Gasteiger charge is 2.42. The molecule has 0 bridgehead atoms. The van der Waals surface area contributed by atoms with Gasteiger partial charge in [-0.05, 0) is 85.4 Å². The molecular weight excluding hydrogens is 508 g/mol. The molecule has 3 heterocycles. The Morgan fingerprint density at radius 1 is 1.03 bits per heavy atom. The topological polar surface area (TPSA) is 44.5 Å². The van der Waals surface area contributed by atoms with Crippen LogP contribution in [0.1, 0.15) is 29.1 Å². The first-order valence-corrected chi connectivity index (χ1v) is 12.3. The highest BCUT2D eigenvalue weighted by atomic mass is 79.9. The first-order valence-electron chi connectivity index (χ1n) is 11.1. The Bertz CT molecular complexity index is 1320. The number of anilines is 2. The summed E-state index contributed by atoms with van der Waals surface area (Å²) >= 11 is 9.51. The van der Waals surface area contributed by atoms with E-state index in [1.54, 1.807) is 0 Å². The van der Waals surface area contributed by atoms with Crippen molar-refractivity contribution in [3.8, 4) is 11.3 Å². The second kappa shape index (κ2) is 9.24. The molecule has 0 spiro atoms. The third-order valence-electron chi connectivity index (χ3n) is 6.05. The maximum absolute atomic E-state index is 6.48. The van der Waals surface area contributed by atoms with Gasteiger partial charge in [-0.2, -0.15) is 0 Å². The molecule has 5 rings (SSSR count). The Kier molecular flexibility index (Phi) is 6.15. The largest absolute Gasteiger partial charge is 0.459 e. The molecule has 2 aromatic carbocycles. The minimum atomic E-state index is -0.189. The highest BCUT2D eigenvalue weighted by Crippen LogP contribution is 2.43. The fourth-order valence-corrected chi connectivity index (χ4v) is 5.34. The fourth-order valence-electron chi connectivity index (χ4n) is 4.31. The minimum absolute atomic E-state index is 0.150. The summed E-state index contributed by atoms with van der Waals surface area (Å²) < 4.78 is 7.49. The van der Waals surface area contributed by atoms with Crippen LogP contribution in [0.5, 0.6) is 0 Å². The van der Waals surface area contributed by atoms with E-state index in [0.29, 0.717) is 5.11 Å². The van der Waals surface area contributed by atoms with Crippen molar-refractivity contribution in [1.82, 2.24) is 10.3 Å². The van der Waals surface area contributed by atoms with Crippen LogP contribution >= 0.6 is 28.1 Å². The molecular formula is C27H25BrN4OS. The van der Waals surface area contributed by atoms with Gasteiger partial charge in [0.15, 0.2) is 5.11 Å². The van der Waals surface area contributed by atoms with E-state index in [0.717, 1.165) is 38.6 Å². The predicted molar refractivity (Wildman–Crippen MR) is 145 cm³/mol. The van der Waals surface area contributed by atoms with Crippen molar-refractivity contribution >= 4 is 44.6 Å². The predicted octanol–water partition coefficient (Wildman–Crippen LogP) is 6.66.